The lowest BCUT2D eigenvalue weighted by molar-refractivity contribution is -0.119. The van der Waals surface area contributed by atoms with Crippen molar-refractivity contribution in [2.75, 3.05) is 18.0 Å². The maximum Gasteiger partial charge on any atom is 0.264 e. The molecule has 42 heavy (non-hydrogen) atoms. The predicted octanol–water partition coefficient (Wildman–Crippen LogP) is 6.14. The molecule has 11 heteroatoms. The summed E-state index contributed by atoms with van der Waals surface area (Å²) in [5.74, 6) is -0.268. The molecule has 4 aromatic rings. The number of sulfonamides is 1. The van der Waals surface area contributed by atoms with E-state index in [-0.39, 0.29) is 10.6 Å². The van der Waals surface area contributed by atoms with Gasteiger partial charge in [-0.15, -0.1) is 0 Å². The maximum absolute atomic E-state index is 13.6. The summed E-state index contributed by atoms with van der Waals surface area (Å²) in [5, 5.41) is 3.99. The number of rotatable bonds is 11. The van der Waals surface area contributed by atoms with E-state index in [1.807, 2.05) is 38.1 Å². The number of anilines is 1. The Morgan fingerprint density at radius 1 is 0.976 bits per heavy atom. The molecule has 0 aromatic heterocycles. The van der Waals surface area contributed by atoms with Gasteiger partial charge in [-0.1, -0.05) is 47.5 Å². The molecule has 4 rings (SSSR count). The number of nitrogens with zero attached hydrogens (tertiary/aromatic N) is 2. The Kier molecular flexibility index (Phi) is 9.97. The van der Waals surface area contributed by atoms with Gasteiger partial charge < -0.3 is 9.47 Å². The predicted molar refractivity (Wildman–Crippen MR) is 164 cm³/mol. The Morgan fingerprint density at radius 2 is 1.60 bits per heavy atom. The van der Waals surface area contributed by atoms with Crippen LogP contribution in [0.4, 0.5) is 10.1 Å². The van der Waals surface area contributed by atoms with Crippen LogP contribution < -0.4 is 19.2 Å². The van der Waals surface area contributed by atoms with E-state index in [2.05, 4.69) is 26.5 Å². The quantitative estimate of drug-likeness (QED) is 0.155. The van der Waals surface area contributed by atoms with E-state index in [1.165, 1.54) is 37.6 Å². The molecule has 4 aromatic carbocycles. The third-order valence-corrected chi connectivity index (χ3v) is 8.55. The summed E-state index contributed by atoms with van der Waals surface area (Å²) < 4.78 is 53.4. The molecule has 8 nitrogen and oxygen atoms in total. The van der Waals surface area contributed by atoms with Gasteiger partial charge >= 0.3 is 0 Å². The molecular formula is C31H29BrFN3O5S. The van der Waals surface area contributed by atoms with Crippen molar-refractivity contribution in [3.63, 3.8) is 0 Å². The van der Waals surface area contributed by atoms with Crippen LogP contribution >= 0.6 is 15.9 Å². The zero-order valence-electron chi connectivity index (χ0n) is 23.2. The average Bonchev–Trinajstić information content (AvgIpc) is 2.96. The molecule has 1 amide bonds. The van der Waals surface area contributed by atoms with Gasteiger partial charge in [-0.05, 0) is 89.4 Å². The molecule has 218 valence electrons. The molecule has 0 aliphatic rings. The van der Waals surface area contributed by atoms with Gasteiger partial charge in [0.15, 0.2) is 11.5 Å². The normalized spacial score (nSPS) is 11.4. The lowest BCUT2D eigenvalue weighted by Crippen LogP contribution is -2.39. The number of hydrogen-bond donors (Lipinski definition) is 1. The minimum atomic E-state index is -4.14. The fraction of sp³-hybridized carbons (Fsp3) is 0.161. The molecule has 0 atom stereocenters. The number of carbonyl (C=O) groups excluding carboxylic acids is 1. The van der Waals surface area contributed by atoms with Gasteiger partial charge in [0.05, 0.1) is 28.4 Å². The Bertz CT molecular complexity index is 1680. The van der Waals surface area contributed by atoms with Crippen LogP contribution in [0.25, 0.3) is 0 Å². The topological polar surface area (TPSA) is 97.3 Å². The van der Waals surface area contributed by atoms with Crippen LogP contribution in [-0.4, -0.2) is 34.2 Å². The van der Waals surface area contributed by atoms with Gasteiger partial charge in [0.25, 0.3) is 15.9 Å². The Morgan fingerprint density at radius 3 is 2.21 bits per heavy atom. The van der Waals surface area contributed by atoms with Crippen molar-refractivity contribution in [2.45, 2.75) is 25.3 Å². The highest BCUT2D eigenvalue weighted by atomic mass is 79.9. The highest BCUT2D eigenvalue weighted by Crippen LogP contribution is 2.37. The summed E-state index contributed by atoms with van der Waals surface area (Å²) >= 11 is 3.50. The molecular weight excluding hydrogens is 625 g/mol. The van der Waals surface area contributed by atoms with Crippen molar-refractivity contribution in [1.82, 2.24) is 5.43 Å². The fourth-order valence-electron chi connectivity index (χ4n) is 3.90. The van der Waals surface area contributed by atoms with Crippen molar-refractivity contribution in [1.29, 1.82) is 0 Å². The van der Waals surface area contributed by atoms with Gasteiger partial charge in [0.2, 0.25) is 0 Å². The highest BCUT2D eigenvalue weighted by Gasteiger charge is 2.27. The maximum atomic E-state index is 13.6. The molecule has 0 fully saturated rings. The number of hydrazone groups is 1. The van der Waals surface area contributed by atoms with Gasteiger partial charge in [0.1, 0.15) is 19.0 Å². The van der Waals surface area contributed by atoms with Crippen LogP contribution in [0, 0.1) is 19.7 Å². The first-order valence-corrected chi connectivity index (χ1v) is 15.0. The van der Waals surface area contributed by atoms with E-state index in [0.29, 0.717) is 28.1 Å². The first-order valence-electron chi connectivity index (χ1n) is 12.8. The zero-order valence-corrected chi connectivity index (χ0v) is 25.6. The Balaban J connectivity index is 1.48. The minimum Gasteiger partial charge on any atom is -0.493 e. The van der Waals surface area contributed by atoms with Gasteiger partial charge in [-0.2, -0.15) is 5.10 Å². The van der Waals surface area contributed by atoms with Crippen molar-refractivity contribution in [3.05, 3.63) is 117 Å². The van der Waals surface area contributed by atoms with Crippen LogP contribution in [0.1, 0.15) is 22.3 Å². The molecule has 0 saturated heterocycles. The largest absolute Gasteiger partial charge is 0.493 e. The lowest BCUT2D eigenvalue weighted by Gasteiger charge is -2.23. The molecule has 0 aliphatic heterocycles. The number of aryl methyl sites for hydroxylation is 2. The summed E-state index contributed by atoms with van der Waals surface area (Å²) in [4.78, 5) is 12.8. The van der Waals surface area contributed by atoms with Crippen LogP contribution in [0.15, 0.2) is 99.4 Å². The smallest absolute Gasteiger partial charge is 0.264 e. The lowest BCUT2D eigenvalue weighted by atomic mass is 10.2. The summed E-state index contributed by atoms with van der Waals surface area (Å²) in [6.07, 6.45) is 1.39. The van der Waals surface area contributed by atoms with E-state index < -0.39 is 28.3 Å². The van der Waals surface area contributed by atoms with Crippen LogP contribution in [0.2, 0.25) is 0 Å². The van der Waals surface area contributed by atoms with Gasteiger partial charge in [-0.3, -0.25) is 9.10 Å². The number of hydrogen-bond acceptors (Lipinski definition) is 6. The first-order chi connectivity index (χ1) is 20.1. The molecule has 0 heterocycles. The minimum absolute atomic E-state index is 0.00430. The summed E-state index contributed by atoms with van der Waals surface area (Å²) in [5.41, 5.74) is 6.12. The third-order valence-electron chi connectivity index (χ3n) is 6.17. The summed E-state index contributed by atoms with van der Waals surface area (Å²) in [7, 11) is -2.63. The SMILES string of the molecule is COc1cc(/C=N\NC(=O)CN(c2ccc(F)cc2)S(=O)(=O)c2ccc(C)cc2)cc(Br)c1OCc1ccc(C)cc1. The van der Waals surface area contributed by atoms with Gasteiger partial charge in [-0.25, -0.2) is 18.2 Å². The van der Waals surface area contributed by atoms with E-state index in [9.17, 15) is 17.6 Å². The summed E-state index contributed by atoms with van der Waals surface area (Å²) in [6, 6.07) is 22.5. The van der Waals surface area contributed by atoms with E-state index >= 15 is 0 Å². The molecule has 0 bridgehead atoms. The summed E-state index contributed by atoms with van der Waals surface area (Å²) in [6.45, 7) is 3.61. The number of halogens is 2. The van der Waals surface area contributed by atoms with Crippen molar-refractivity contribution >= 4 is 43.8 Å². The van der Waals surface area contributed by atoms with Crippen molar-refractivity contribution in [3.8, 4) is 11.5 Å². The second-order valence-electron chi connectivity index (χ2n) is 9.40. The van der Waals surface area contributed by atoms with E-state index in [1.54, 1.807) is 24.3 Å². The molecule has 0 aliphatic carbocycles. The first kappa shape index (κ1) is 30.7. The number of carbonyl (C=O) groups is 1. The molecule has 0 unspecified atom stereocenters. The van der Waals surface area contributed by atoms with E-state index in [0.717, 1.165) is 33.1 Å². The molecule has 0 radical (unpaired) electrons. The Labute approximate surface area is 253 Å². The van der Waals surface area contributed by atoms with Crippen molar-refractivity contribution < 1.29 is 27.1 Å². The third kappa shape index (κ3) is 7.74. The number of nitrogens with one attached hydrogen (secondary N) is 1. The number of amides is 1. The zero-order chi connectivity index (χ0) is 30.3. The molecule has 0 saturated carbocycles. The highest BCUT2D eigenvalue weighted by molar-refractivity contribution is 9.10. The molecule has 1 N–H and O–H groups in total. The second kappa shape index (κ2) is 13.6. The standard InChI is InChI=1S/C31H29BrFN3O5S/c1-21-4-8-23(9-5-21)20-41-31-28(32)16-24(17-29(31)40-3)18-34-35-30(37)19-36(26-12-10-25(33)11-13-26)42(38,39)27-14-6-22(2)7-15-27/h4-18H,19-20H2,1-3H3,(H,35,37)/b34-18-. The monoisotopic (exact) mass is 653 g/mol. The second-order valence-corrected chi connectivity index (χ2v) is 12.1. The van der Waals surface area contributed by atoms with Crippen LogP contribution in [0.3, 0.4) is 0 Å². The van der Waals surface area contributed by atoms with Crippen molar-refractivity contribution in [2.24, 2.45) is 5.10 Å². The van der Waals surface area contributed by atoms with Gasteiger partial charge in [0, 0.05) is 0 Å². The number of ether oxygens (including phenoxy) is 2. The Hall–Kier alpha value is -4.22. The van der Waals surface area contributed by atoms with Crippen LogP contribution in [0.5, 0.6) is 11.5 Å². The van der Waals surface area contributed by atoms with E-state index in [4.69, 9.17) is 9.47 Å². The number of methoxy groups -OCH3 is 1. The number of benzene rings is 4. The van der Waals surface area contributed by atoms with Crippen LogP contribution in [-0.2, 0) is 21.4 Å². The fourth-order valence-corrected chi connectivity index (χ4v) is 5.89. The average molecular weight is 655 g/mol. The molecule has 0 spiro atoms.